The number of hydrogen-bond acceptors (Lipinski definition) is 4. The Morgan fingerprint density at radius 2 is 1.71 bits per heavy atom. The van der Waals surface area contributed by atoms with Crippen LogP contribution in [0.15, 0.2) is 79.1 Å². The molecular formula is C32H32FN5O4. The van der Waals surface area contributed by atoms with Crippen LogP contribution in [0.4, 0.5) is 4.39 Å². The van der Waals surface area contributed by atoms with Crippen LogP contribution in [0.3, 0.4) is 0 Å². The van der Waals surface area contributed by atoms with Gasteiger partial charge in [0.1, 0.15) is 5.82 Å². The number of benzene rings is 3. The zero-order chi connectivity index (χ0) is 29.6. The first kappa shape index (κ1) is 28.6. The summed E-state index contributed by atoms with van der Waals surface area (Å²) in [4.78, 5) is 38.5. The van der Waals surface area contributed by atoms with Gasteiger partial charge in [-0.3, -0.25) is 14.4 Å². The van der Waals surface area contributed by atoms with Crippen molar-refractivity contribution < 1.29 is 23.5 Å². The van der Waals surface area contributed by atoms with Crippen molar-refractivity contribution >= 4 is 39.5 Å². The van der Waals surface area contributed by atoms with Gasteiger partial charge in [-0.2, -0.15) is 0 Å². The van der Waals surface area contributed by atoms with Crippen LogP contribution < -0.4 is 16.4 Å². The number of halogens is 1. The first-order valence-corrected chi connectivity index (χ1v) is 13.7. The van der Waals surface area contributed by atoms with Gasteiger partial charge in [0.05, 0.1) is 16.6 Å². The number of nitrogens with one attached hydrogen (secondary N) is 3. The largest absolute Gasteiger partial charge is 0.381 e. The van der Waals surface area contributed by atoms with Crippen LogP contribution in [0.25, 0.3) is 21.8 Å². The standard InChI is InChI=1S/C23H24FN3O3.C9H8N2O/c1-25-22(28)16-7-5-15(6-8-16)13-27-14-18(21-19(24)3-2-4-20(21)27)23(29)26-17-9-11-30-12-10-17;10-9(12)7-5-11-8-4-2-1-3-6(7)8/h2-8,14,17H,9-13H2,1H3,(H,25,28)(H,26,29);1-5,11H,(H2,10,12). The van der Waals surface area contributed by atoms with Crippen molar-refractivity contribution in [2.75, 3.05) is 20.3 Å². The Bertz CT molecular complexity index is 1740. The average molecular weight is 570 g/mol. The summed E-state index contributed by atoms with van der Waals surface area (Å²) in [5.74, 6) is -1.24. The molecule has 42 heavy (non-hydrogen) atoms. The Morgan fingerprint density at radius 3 is 2.43 bits per heavy atom. The van der Waals surface area contributed by atoms with E-state index in [4.69, 9.17) is 10.5 Å². The van der Waals surface area contributed by atoms with Crippen molar-refractivity contribution in [1.29, 1.82) is 0 Å². The lowest BCUT2D eigenvalue weighted by atomic mass is 10.1. The number of amides is 3. The molecule has 3 amide bonds. The molecule has 5 aromatic rings. The monoisotopic (exact) mass is 569 g/mol. The SMILES string of the molecule is CNC(=O)c1ccc(Cn2cc(C(=O)NC3CCOCC3)c3c(F)cccc32)cc1.NC(=O)c1c[nH]c2ccccc12. The van der Waals surface area contributed by atoms with Gasteiger partial charge >= 0.3 is 0 Å². The second-order valence-electron chi connectivity index (χ2n) is 10.1. The first-order chi connectivity index (χ1) is 20.4. The van der Waals surface area contributed by atoms with Crippen LogP contribution in [0.1, 0.15) is 49.5 Å². The van der Waals surface area contributed by atoms with E-state index in [0.29, 0.717) is 47.4 Å². The van der Waals surface area contributed by atoms with E-state index in [-0.39, 0.29) is 17.9 Å². The van der Waals surface area contributed by atoms with Crippen LogP contribution in [0, 0.1) is 5.82 Å². The summed E-state index contributed by atoms with van der Waals surface area (Å²) in [5.41, 5.74) is 9.15. The molecule has 9 nitrogen and oxygen atoms in total. The molecule has 1 aliphatic heterocycles. The average Bonchev–Trinajstić information content (AvgIpc) is 3.61. The molecule has 3 heterocycles. The molecule has 2 aromatic heterocycles. The minimum atomic E-state index is -0.418. The second-order valence-corrected chi connectivity index (χ2v) is 10.1. The molecule has 0 radical (unpaired) electrons. The van der Waals surface area contributed by atoms with Gasteiger partial charge in [0.15, 0.2) is 0 Å². The van der Waals surface area contributed by atoms with E-state index in [1.165, 1.54) is 6.07 Å². The number of para-hydroxylation sites is 1. The van der Waals surface area contributed by atoms with E-state index in [1.807, 2.05) is 47.0 Å². The molecule has 1 saturated heterocycles. The number of primary amides is 1. The predicted octanol–water partition coefficient (Wildman–Crippen LogP) is 4.36. The third kappa shape index (κ3) is 6.18. The number of fused-ring (bicyclic) bond motifs is 2. The minimum Gasteiger partial charge on any atom is -0.381 e. The van der Waals surface area contributed by atoms with Gasteiger partial charge in [-0.25, -0.2) is 4.39 Å². The number of carbonyl (C=O) groups is 3. The van der Waals surface area contributed by atoms with E-state index < -0.39 is 11.7 Å². The highest BCUT2D eigenvalue weighted by molar-refractivity contribution is 6.07. The smallest absolute Gasteiger partial charge is 0.253 e. The number of rotatable bonds is 6. The summed E-state index contributed by atoms with van der Waals surface area (Å²) in [6.07, 6.45) is 4.84. The molecule has 0 unspecified atom stereocenters. The molecule has 1 aliphatic rings. The zero-order valence-electron chi connectivity index (χ0n) is 23.2. The van der Waals surface area contributed by atoms with Crippen LogP contribution >= 0.6 is 0 Å². The first-order valence-electron chi connectivity index (χ1n) is 13.7. The maximum atomic E-state index is 14.7. The Hall–Kier alpha value is -4.96. The van der Waals surface area contributed by atoms with Gasteiger partial charge in [-0.1, -0.05) is 36.4 Å². The number of nitrogens with two attached hydrogens (primary N) is 1. The van der Waals surface area contributed by atoms with Gasteiger partial charge in [0, 0.05) is 67.1 Å². The molecule has 0 aliphatic carbocycles. The topological polar surface area (TPSA) is 131 Å². The molecule has 6 rings (SSSR count). The van der Waals surface area contributed by atoms with Gasteiger partial charge in [-0.05, 0) is 48.7 Å². The van der Waals surface area contributed by atoms with Gasteiger partial charge in [0.2, 0.25) is 0 Å². The van der Waals surface area contributed by atoms with Crippen LogP contribution in [-0.2, 0) is 11.3 Å². The van der Waals surface area contributed by atoms with Crippen LogP contribution in [0.5, 0.6) is 0 Å². The van der Waals surface area contributed by atoms with E-state index in [9.17, 15) is 18.8 Å². The van der Waals surface area contributed by atoms with Crippen molar-refractivity contribution in [3.8, 4) is 0 Å². The quantitative estimate of drug-likeness (QED) is 0.242. The van der Waals surface area contributed by atoms with E-state index in [1.54, 1.807) is 37.6 Å². The van der Waals surface area contributed by atoms with E-state index in [2.05, 4.69) is 15.6 Å². The number of H-pyrrole nitrogens is 1. The lowest BCUT2D eigenvalue weighted by Gasteiger charge is -2.22. The van der Waals surface area contributed by atoms with Crippen LogP contribution in [0.2, 0.25) is 0 Å². The number of carbonyl (C=O) groups excluding carboxylic acids is 3. The summed E-state index contributed by atoms with van der Waals surface area (Å²) in [5, 5.41) is 6.81. The Morgan fingerprint density at radius 1 is 0.976 bits per heavy atom. The minimum absolute atomic E-state index is 0.0358. The molecule has 0 bridgehead atoms. The third-order valence-corrected chi connectivity index (χ3v) is 7.31. The maximum Gasteiger partial charge on any atom is 0.253 e. The lowest BCUT2D eigenvalue weighted by molar-refractivity contribution is 0.0696. The van der Waals surface area contributed by atoms with E-state index >= 15 is 0 Å². The van der Waals surface area contributed by atoms with Gasteiger partial charge in [-0.15, -0.1) is 0 Å². The number of nitrogens with zero attached hydrogens (tertiary/aromatic N) is 1. The van der Waals surface area contributed by atoms with Crippen LogP contribution in [-0.4, -0.2) is 53.6 Å². The fourth-order valence-corrected chi connectivity index (χ4v) is 5.09. The van der Waals surface area contributed by atoms with E-state index in [0.717, 1.165) is 29.3 Å². The molecule has 5 N–H and O–H groups in total. The number of hydrogen-bond donors (Lipinski definition) is 4. The molecule has 0 atom stereocenters. The van der Waals surface area contributed by atoms with Crippen molar-refractivity contribution in [2.24, 2.45) is 5.73 Å². The summed E-state index contributed by atoms with van der Waals surface area (Å²) in [7, 11) is 1.59. The van der Waals surface area contributed by atoms with Crippen molar-refractivity contribution in [3.63, 3.8) is 0 Å². The second kappa shape index (κ2) is 12.7. The Kier molecular flexibility index (Phi) is 8.63. The fourth-order valence-electron chi connectivity index (χ4n) is 5.09. The Labute approximate surface area is 241 Å². The highest BCUT2D eigenvalue weighted by Crippen LogP contribution is 2.26. The zero-order valence-corrected chi connectivity index (χ0v) is 23.2. The molecule has 0 spiro atoms. The molecule has 216 valence electrons. The third-order valence-electron chi connectivity index (χ3n) is 7.31. The number of ether oxygens (including phenoxy) is 1. The molecule has 1 fully saturated rings. The fraction of sp³-hybridized carbons (Fsp3) is 0.219. The molecular weight excluding hydrogens is 537 g/mol. The van der Waals surface area contributed by atoms with Crippen molar-refractivity contribution in [1.82, 2.24) is 20.2 Å². The van der Waals surface area contributed by atoms with Gasteiger partial charge < -0.3 is 30.7 Å². The maximum absolute atomic E-state index is 14.7. The highest BCUT2D eigenvalue weighted by atomic mass is 19.1. The molecule has 0 saturated carbocycles. The number of aromatic amines is 1. The summed E-state index contributed by atoms with van der Waals surface area (Å²) < 4.78 is 21.9. The normalized spacial score (nSPS) is 13.4. The summed E-state index contributed by atoms with van der Waals surface area (Å²) >= 11 is 0. The molecule has 10 heteroatoms. The molecule has 3 aromatic carbocycles. The summed E-state index contributed by atoms with van der Waals surface area (Å²) in [6, 6.07) is 19.6. The van der Waals surface area contributed by atoms with Crippen molar-refractivity contribution in [3.05, 3.63) is 107 Å². The number of aromatic nitrogens is 2. The van der Waals surface area contributed by atoms with Gasteiger partial charge in [0.25, 0.3) is 17.7 Å². The predicted molar refractivity (Wildman–Crippen MR) is 159 cm³/mol. The lowest BCUT2D eigenvalue weighted by Crippen LogP contribution is -2.38. The highest BCUT2D eigenvalue weighted by Gasteiger charge is 2.22. The van der Waals surface area contributed by atoms with Crippen molar-refractivity contribution in [2.45, 2.75) is 25.4 Å². The Balaban J connectivity index is 0.000000244. The summed E-state index contributed by atoms with van der Waals surface area (Å²) in [6.45, 7) is 1.69.